The van der Waals surface area contributed by atoms with Gasteiger partial charge >= 0.3 is 0 Å². The number of rotatable bonds is 7. The predicted molar refractivity (Wildman–Crippen MR) is 86.1 cm³/mol. The first kappa shape index (κ1) is 15.1. The number of furan rings is 1. The normalized spacial score (nSPS) is 30.0. The van der Waals surface area contributed by atoms with E-state index < -0.39 is 0 Å². The van der Waals surface area contributed by atoms with Crippen molar-refractivity contribution in [2.75, 3.05) is 20.1 Å². The molecule has 21 heavy (non-hydrogen) atoms. The Kier molecular flexibility index (Phi) is 4.70. The quantitative estimate of drug-likeness (QED) is 0.830. The number of nitrogens with one attached hydrogen (secondary N) is 1. The third-order valence-electron chi connectivity index (χ3n) is 5.32. The van der Waals surface area contributed by atoms with E-state index in [0.29, 0.717) is 5.41 Å². The molecule has 0 atom stereocenters. The summed E-state index contributed by atoms with van der Waals surface area (Å²) in [7, 11) is 2.25. The van der Waals surface area contributed by atoms with Gasteiger partial charge in [-0.05, 0) is 50.1 Å². The Labute approximate surface area is 129 Å². The summed E-state index contributed by atoms with van der Waals surface area (Å²) in [5.41, 5.74) is 1.76. The monoisotopic (exact) mass is 290 g/mol. The highest BCUT2D eigenvalue weighted by Crippen LogP contribution is 2.39. The maximum atomic E-state index is 5.19. The summed E-state index contributed by atoms with van der Waals surface area (Å²) in [6.45, 7) is 5.81. The fraction of sp³-hybridized carbons (Fsp3) is 0.778. The molecule has 2 fully saturated rings. The van der Waals surface area contributed by atoms with Crippen molar-refractivity contribution >= 4 is 0 Å². The van der Waals surface area contributed by atoms with Crippen LogP contribution in [0.15, 0.2) is 23.0 Å². The average Bonchev–Trinajstić information content (AvgIpc) is 3.17. The molecule has 0 unspecified atom stereocenters. The summed E-state index contributed by atoms with van der Waals surface area (Å²) in [6.07, 6.45) is 12.0. The average molecular weight is 290 g/mol. The zero-order valence-corrected chi connectivity index (χ0v) is 13.6. The van der Waals surface area contributed by atoms with Crippen molar-refractivity contribution in [1.82, 2.24) is 10.2 Å². The largest absolute Gasteiger partial charge is 0.472 e. The van der Waals surface area contributed by atoms with Gasteiger partial charge in [-0.15, -0.1) is 0 Å². The molecule has 3 nitrogen and oxygen atoms in total. The van der Waals surface area contributed by atoms with Crippen molar-refractivity contribution in [3.63, 3.8) is 0 Å². The standard InChI is InChI=1S/C18H30N2O/c1-15-5-8-18(9-6-15,13-19-17-3-4-17)14-20(2)11-16-7-10-21-12-16/h7,10,12,15,17,19H,3-6,8-9,11,13-14H2,1-2H3. The summed E-state index contributed by atoms with van der Waals surface area (Å²) >= 11 is 0. The van der Waals surface area contributed by atoms with Crippen LogP contribution in [0.25, 0.3) is 0 Å². The van der Waals surface area contributed by atoms with Gasteiger partial charge in [0.2, 0.25) is 0 Å². The molecule has 118 valence electrons. The van der Waals surface area contributed by atoms with E-state index in [1.165, 1.54) is 57.2 Å². The Morgan fingerprint density at radius 1 is 1.29 bits per heavy atom. The van der Waals surface area contributed by atoms with Gasteiger partial charge in [-0.3, -0.25) is 0 Å². The molecular formula is C18H30N2O. The van der Waals surface area contributed by atoms with Crippen LogP contribution in [0.2, 0.25) is 0 Å². The zero-order valence-electron chi connectivity index (χ0n) is 13.6. The van der Waals surface area contributed by atoms with Gasteiger partial charge in [0.25, 0.3) is 0 Å². The van der Waals surface area contributed by atoms with Crippen molar-refractivity contribution in [2.24, 2.45) is 11.3 Å². The summed E-state index contributed by atoms with van der Waals surface area (Å²) in [5, 5.41) is 3.80. The Morgan fingerprint density at radius 2 is 2.05 bits per heavy atom. The third-order valence-corrected chi connectivity index (χ3v) is 5.32. The van der Waals surface area contributed by atoms with Gasteiger partial charge in [-0.25, -0.2) is 0 Å². The lowest BCUT2D eigenvalue weighted by atomic mass is 9.70. The highest BCUT2D eigenvalue weighted by molar-refractivity contribution is 5.05. The maximum absolute atomic E-state index is 5.19. The topological polar surface area (TPSA) is 28.4 Å². The van der Waals surface area contributed by atoms with Crippen LogP contribution in [0, 0.1) is 11.3 Å². The summed E-state index contributed by atoms with van der Waals surface area (Å²) < 4.78 is 5.19. The van der Waals surface area contributed by atoms with Crippen LogP contribution in [0.4, 0.5) is 0 Å². The fourth-order valence-corrected chi connectivity index (χ4v) is 3.74. The third kappa shape index (κ3) is 4.33. The van der Waals surface area contributed by atoms with Crippen molar-refractivity contribution in [3.8, 4) is 0 Å². The van der Waals surface area contributed by atoms with E-state index in [1.54, 1.807) is 6.26 Å². The van der Waals surface area contributed by atoms with Crippen LogP contribution in [-0.2, 0) is 6.54 Å². The summed E-state index contributed by atoms with van der Waals surface area (Å²) in [5.74, 6) is 0.915. The van der Waals surface area contributed by atoms with Crippen LogP contribution in [0.5, 0.6) is 0 Å². The second-order valence-electron chi connectivity index (χ2n) is 7.64. The van der Waals surface area contributed by atoms with Crippen LogP contribution in [-0.4, -0.2) is 31.1 Å². The number of hydrogen-bond acceptors (Lipinski definition) is 3. The molecule has 0 spiro atoms. The fourth-order valence-electron chi connectivity index (χ4n) is 3.74. The smallest absolute Gasteiger partial charge is 0.0947 e. The van der Waals surface area contributed by atoms with E-state index in [1.807, 2.05) is 6.26 Å². The van der Waals surface area contributed by atoms with Crippen molar-refractivity contribution < 1.29 is 4.42 Å². The van der Waals surface area contributed by atoms with Crippen LogP contribution < -0.4 is 5.32 Å². The van der Waals surface area contributed by atoms with Gasteiger partial charge in [-0.1, -0.05) is 19.8 Å². The van der Waals surface area contributed by atoms with Gasteiger partial charge in [0.05, 0.1) is 12.5 Å². The molecule has 1 N–H and O–H groups in total. The van der Waals surface area contributed by atoms with Gasteiger partial charge in [-0.2, -0.15) is 0 Å². The SMILES string of the molecule is CC1CCC(CNC2CC2)(CN(C)Cc2ccoc2)CC1. The van der Waals surface area contributed by atoms with Gasteiger partial charge < -0.3 is 14.6 Å². The number of hydrogen-bond donors (Lipinski definition) is 1. The molecule has 3 heteroatoms. The van der Waals surface area contributed by atoms with E-state index >= 15 is 0 Å². The van der Waals surface area contributed by atoms with Gasteiger partial charge in [0.15, 0.2) is 0 Å². The van der Waals surface area contributed by atoms with Crippen LogP contribution in [0.3, 0.4) is 0 Å². The maximum Gasteiger partial charge on any atom is 0.0947 e. The first-order valence-electron chi connectivity index (χ1n) is 8.58. The molecule has 1 aromatic rings. The molecule has 1 aromatic heterocycles. The second-order valence-corrected chi connectivity index (χ2v) is 7.64. The van der Waals surface area contributed by atoms with E-state index in [2.05, 4.69) is 30.3 Å². The molecule has 0 radical (unpaired) electrons. The van der Waals surface area contributed by atoms with Crippen molar-refractivity contribution in [1.29, 1.82) is 0 Å². The van der Waals surface area contributed by atoms with E-state index in [0.717, 1.165) is 18.5 Å². The molecule has 2 aliphatic rings. The summed E-state index contributed by atoms with van der Waals surface area (Å²) in [6, 6.07) is 2.90. The highest BCUT2D eigenvalue weighted by atomic mass is 16.3. The molecule has 0 amide bonds. The molecule has 0 aromatic carbocycles. The lowest BCUT2D eigenvalue weighted by molar-refractivity contribution is 0.0953. The van der Waals surface area contributed by atoms with Gasteiger partial charge in [0, 0.05) is 31.2 Å². The first-order valence-corrected chi connectivity index (χ1v) is 8.58. The molecule has 2 aliphatic carbocycles. The molecule has 0 aliphatic heterocycles. The van der Waals surface area contributed by atoms with Gasteiger partial charge in [0.1, 0.15) is 0 Å². The Balaban J connectivity index is 1.57. The molecular weight excluding hydrogens is 260 g/mol. The highest BCUT2D eigenvalue weighted by Gasteiger charge is 2.36. The van der Waals surface area contributed by atoms with E-state index in [4.69, 9.17) is 4.42 Å². The van der Waals surface area contributed by atoms with Crippen LogP contribution >= 0.6 is 0 Å². The Morgan fingerprint density at radius 3 is 2.67 bits per heavy atom. The molecule has 2 saturated carbocycles. The predicted octanol–water partition coefficient (Wildman–Crippen LogP) is 3.66. The minimum absolute atomic E-state index is 0.480. The lowest BCUT2D eigenvalue weighted by Crippen LogP contribution is -2.45. The summed E-state index contributed by atoms with van der Waals surface area (Å²) in [4.78, 5) is 2.48. The minimum Gasteiger partial charge on any atom is -0.472 e. The Hall–Kier alpha value is -0.800. The molecule has 3 rings (SSSR count). The molecule has 0 saturated heterocycles. The first-order chi connectivity index (χ1) is 10.2. The number of nitrogens with zero attached hydrogens (tertiary/aromatic N) is 1. The molecule has 1 heterocycles. The Bertz CT molecular complexity index is 416. The second kappa shape index (κ2) is 6.53. The lowest BCUT2D eigenvalue weighted by Gasteiger charge is -2.42. The van der Waals surface area contributed by atoms with E-state index in [-0.39, 0.29) is 0 Å². The molecule has 0 bridgehead atoms. The zero-order chi connectivity index (χ0) is 14.7. The van der Waals surface area contributed by atoms with Crippen LogP contribution in [0.1, 0.15) is 51.0 Å². The minimum atomic E-state index is 0.480. The van der Waals surface area contributed by atoms with Crippen molar-refractivity contribution in [2.45, 2.75) is 58.0 Å². The van der Waals surface area contributed by atoms with E-state index in [9.17, 15) is 0 Å². The van der Waals surface area contributed by atoms with Crippen molar-refractivity contribution in [3.05, 3.63) is 24.2 Å².